The number of likely N-dealkylation sites (tertiary alicyclic amines) is 1. The predicted molar refractivity (Wildman–Crippen MR) is 118 cm³/mol. The van der Waals surface area contributed by atoms with Gasteiger partial charge in [0.1, 0.15) is 6.04 Å². The minimum Gasteiger partial charge on any atom is -0.324 e. The first-order chi connectivity index (χ1) is 15.0. The molecule has 2 bridgehead atoms. The fraction of sp³-hybridized carbons (Fsp3) is 0.320. The Morgan fingerprint density at radius 1 is 0.935 bits per heavy atom. The van der Waals surface area contributed by atoms with Crippen LogP contribution in [0, 0.1) is 23.7 Å². The largest absolute Gasteiger partial charge is 0.324 e. The summed E-state index contributed by atoms with van der Waals surface area (Å²) in [6, 6.07) is 15.4. The second-order valence-electron chi connectivity index (χ2n) is 8.59. The van der Waals surface area contributed by atoms with Gasteiger partial charge in [-0.05, 0) is 54.5 Å². The molecule has 3 aliphatic carbocycles. The smallest absolute Gasteiger partial charge is 0.248 e. The number of imide groups is 1. The zero-order valence-electron chi connectivity index (χ0n) is 16.9. The Bertz CT molecular complexity index is 1020. The van der Waals surface area contributed by atoms with Crippen molar-refractivity contribution in [2.75, 3.05) is 5.32 Å². The molecule has 1 saturated heterocycles. The summed E-state index contributed by atoms with van der Waals surface area (Å²) in [5.41, 5.74) is 1.47. The van der Waals surface area contributed by atoms with Crippen molar-refractivity contribution in [3.63, 3.8) is 0 Å². The van der Waals surface area contributed by atoms with E-state index in [2.05, 4.69) is 17.5 Å². The maximum absolute atomic E-state index is 13.4. The van der Waals surface area contributed by atoms with E-state index in [4.69, 9.17) is 11.6 Å². The Labute approximate surface area is 186 Å². The highest BCUT2D eigenvalue weighted by Gasteiger charge is 2.58. The maximum atomic E-state index is 13.4. The molecule has 31 heavy (non-hydrogen) atoms. The highest BCUT2D eigenvalue weighted by Crippen LogP contribution is 2.50. The number of benzene rings is 2. The Morgan fingerprint density at radius 2 is 1.52 bits per heavy atom. The van der Waals surface area contributed by atoms with Crippen LogP contribution in [-0.4, -0.2) is 28.7 Å². The molecule has 2 aromatic carbocycles. The summed E-state index contributed by atoms with van der Waals surface area (Å²) in [7, 11) is 0. The molecule has 158 valence electrons. The molecule has 5 nitrogen and oxygen atoms in total. The van der Waals surface area contributed by atoms with Gasteiger partial charge in [0.25, 0.3) is 0 Å². The summed E-state index contributed by atoms with van der Waals surface area (Å²) in [6.45, 7) is 0. The third-order valence-electron chi connectivity index (χ3n) is 6.79. The zero-order valence-corrected chi connectivity index (χ0v) is 17.7. The molecule has 6 rings (SSSR count). The molecular weight excluding hydrogens is 412 g/mol. The monoisotopic (exact) mass is 434 g/mol. The fourth-order valence-electron chi connectivity index (χ4n) is 5.30. The number of nitrogens with zero attached hydrogens (tertiary/aromatic N) is 1. The highest BCUT2D eigenvalue weighted by molar-refractivity contribution is 6.30. The molecule has 0 spiro atoms. The van der Waals surface area contributed by atoms with Crippen LogP contribution in [0.4, 0.5) is 5.69 Å². The highest BCUT2D eigenvalue weighted by atomic mass is 35.5. The minimum atomic E-state index is -0.900. The quantitative estimate of drug-likeness (QED) is 0.569. The number of hydrogen-bond donors (Lipinski definition) is 1. The fourth-order valence-corrected chi connectivity index (χ4v) is 5.43. The summed E-state index contributed by atoms with van der Waals surface area (Å²) in [4.78, 5) is 41.5. The van der Waals surface area contributed by atoms with Crippen LogP contribution in [-0.2, 0) is 20.8 Å². The topological polar surface area (TPSA) is 66.5 Å². The number of hydrogen-bond acceptors (Lipinski definition) is 3. The number of carbonyl (C=O) groups is 3. The summed E-state index contributed by atoms with van der Waals surface area (Å²) < 4.78 is 0. The molecular formula is C25H23ClN2O3. The molecule has 1 N–H and O–H groups in total. The van der Waals surface area contributed by atoms with Gasteiger partial charge in [-0.2, -0.15) is 0 Å². The van der Waals surface area contributed by atoms with Crippen molar-refractivity contribution in [3.05, 3.63) is 77.3 Å². The Morgan fingerprint density at radius 3 is 2.06 bits per heavy atom. The molecule has 2 aromatic rings. The minimum absolute atomic E-state index is 0.0909. The van der Waals surface area contributed by atoms with Crippen molar-refractivity contribution in [2.45, 2.75) is 25.3 Å². The number of rotatable bonds is 5. The Hall–Kier alpha value is -2.92. The molecule has 6 heteroatoms. The van der Waals surface area contributed by atoms with Crippen LogP contribution in [0.5, 0.6) is 0 Å². The molecule has 2 fully saturated rings. The molecule has 0 aromatic heterocycles. The molecule has 5 atom stereocenters. The van der Waals surface area contributed by atoms with Gasteiger partial charge in [0.05, 0.1) is 11.8 Å². The Kier molecular flexibility index (Phi) is 5.14. The van der Waals surface area contributed by atoms with Gasteiger partial charge in [-0.3, -0.25) is 19.3 Å². The Balaban J connectivity index is 1.46. The average molecular weight is 435 g/mol. The first-order valence-electron chi connectivity index (χ1n) is 10.7. The lowest BCUT2D eigenvalue weighted by atomic mass is 9.63. The number of nitrogens with one attached hydrogen (secondary N) is 1. The average Bonchev–Trinajstić information content (AvgIpc) is 3.07. The van der Waals surface area contributed by atoms with Crippen molar-refractivity contribution in [1.29, 1.82) is 0 Å². The maximum Gasteiger partial charge on any atom is 0.248 e. The van der Waals surface area contributed by atoms with Gasteiger partial charge < -0.3 is 5.32 Å². The molecule has 4 aliphatic rings. The van der Waals surface area contributed by atoms with E-state index >= 15 is 0 Å². The lowest BCUT2D eigenvalue weighted by Crippen LogP contribution is -2.49. The second-order valence-corrected chi connectivity index (χ2v) is 9.03. The summed E-state index contributed by atoms with van der Waals surface area (Å²) in [5, 5.41) is 3.43. The lowest BCUT2D eigenvalue weighted by molar-refractivity contribution is -0.146. The molecule has 5 unspecified atom stereocenters. The van der Waals surface area contributed by atoms with Crippen molar-refractivity contribution in [1.82, 2.24) is 4.90 Å². The van der Waals surface area contributed by atoms with E-state index in [1.807, 2.05) is 30.3 Å². The number of halogens is 1. The van der Waals surface area contributed by atoms with Crippen molar-refractivity contribution < 1.29 is 14.4 Å². The van der Waals surface area contributed by atoms with Crippen molar-refractivity contribution >= 4 is 35.0 Å². The normalized spacial score (nSPS) is 27.3. The van der Waals surface area contributed by atoms with Crippen LogP contribution >= 0.6 is 11.6 Å². The van der Waals surface area contributed by atoms with Crippen molar-refractivity contribution in [3.8, 4) is 0 Å². The van der Waals surface area contributed by atoms with Gasteiger partial charge in [0.15, 0.2) is 0 Å². The van der Waals surface area contributed by atoms with Gasteiger partial charge in [0, 0.05) is 17.1 Å². The number of carbonyl (C=O) groups excluding carboxylic acids is 3. The SMILES string of the molecule is O=C(Nc1ccc(Cl)cc1)C(Cc1ccccc1)N1C(=O)C2C3C=CC(CC3)C2C1=O. The number of fused-ring (bicyclic) bond motifs is 1. The van der Waals surface area contributed by atoms with Gasteiger partial charge >= 0.3 is 0 Å². The standard InChI is InChI=1S/C25H23ClN2O3/c26-18-10-12-19(13-11-18)27-23(29)20(14-15-4-2-1-3-5-15)28-24(30)21-16-6-7-17(9-8-16)22(21)25(28)31/h1-7,10-13,16-17,20-22H,8-9,14H2,(H,27,29). The zero-order chi connectivity index (χ0) is 21.5. The van der Waals surface area contributed by atoms with Gasteiger partial charge in [-0.15, -0.1) is 0 Å². The van der Waals surface area contributed by atoms with E-state index in [0.717, 1.165) is 18.4 Å². The van der Waals surface area contributed by atoms with Gasteiger partial charge in [-0.25, -0.2) is 0 Å². The molecule has 0 radical (unpaired) electrons. The van der Waals surface area contributed by atoms with Crippen LogP contribution < -0.4 is 5.32 Å². The second kappa shape index (κ2) is 7.97. The van der Waals surface area contributed by atoms with Crippen molar-refractivity contribution in [2.24, 2.45) is 23.7 Å². The predicted octanol–water partition coefficient (Wildman–Crippen LogP) is 4.09. The van der Waals surface area contributed by atoms with Crippen LogP contribution in [0.2, 0.25) is 5.02 Å². The van der Waals surface area contributed by atoms with E-state index in [-0.39, 0.29) is 47.8 Å². The summed E-state index contributed by atoms with van der Waals surface area (Å²) in [5.74, 6) is -1.27. The third kappa shape index (κ3) is 3.57. The van der Waals surface area contributed by atoms with Gasteiger partial charge in [0.2, 0.25) is 17.7 Å². The van der Waals surface area contributed by atoms with E-state index < -0.39 is 6.04 Å². The third-order valence-corrected chi connectivity index (χ3v) is 7.04. The summed E-state index contributed by atoms with van der Waals surface area (Å²) in [6.07, 6.45) is 6.30. The molecule has 1 heterocycles. The molecule has 3 amide bonds. The number of amides is 3. The number of anilines is 1. The van der Waals surface area contributed by atoms with Crippen LogP contribution in [0.3, 0.4) is 0 Å². The first kappa shape index (κ1) is 20.0. The molecule has 1 saturated carbocycles. The number of allylic oxidation sites excluding steroid dienone is 2. The van der Waals surface area contributed by atoms with E-state index in [1.54, 1.807) is 24.3 Å². The van der Waals surface area contributed by atoms with E-state index in [1.165, 1.54) is 4.90 Å². The van der Waals surface area contributed by atoms with Gasteiger partial charge in [-0.1, -0.05) is 54.1 Å². The van der Waals surface area contributed by atoms with Crippen LogP contribution in [0.15, 0.2) is 66.7 Å². The molecule has 1 aliphatic heterocycles. The van der Waals surface area contributed by atoms with Crippen LogP contribution in [0.1, 0.15) is 18.4 Å². The van der Waals surface area contributed by atoms with E-state index in [9.17, 15) is 14.4 Å². The van der Waals surface area contributed by atoms with E-state index in [0.29, 0.717) is 10.7 Å². The lowest BCUT2D eigenvalue weighted by Gasteiger charge is -2.38. The first-order valence-corrected chi connectivity index (χ1v) is 11.1. The van der Waals surface area contributed by atoms with Crippen LogP contribution in [0.25, 0.3) is 0 Å². The summed E-state index contributed by atoms with van der Waals surface area (Å²) >= 11 is 5.95.